The molecule has 456 valence electrons. The third-order valence-electron chi connectivity index (χ3n) is 14.0. The third kappa shape index (κ3) is 15.3. The van der Waals surface area contributed by atoms with Crippen molar-refractivity contribution in [3.8, 4) is 93.7 Å². The second kappa shape index (κ2) is 29.4. The van der Waals surface area contributed by atoms with E-state index >= 15 is 0 Å². The number of hydrogen-bond acceptors (Lipinski definition) is 18. The normalized spacial score (nSPS) is 15.2. The van der Waals surface area contributed by atoms with Gasteiger partial charge in [-0.15, -0.1) is 0 Å². The molecule has 3 fully saturated rings. The number of nitrogens with two attached hydrogens (primary N) is 6. The molecule has 26 heteroatoms. The van der Waals surface area contributed by atoms with Crippen LogP contribution in [0.4, 0.5) is 17.5 Å². The van der Waals surface area contributed by atoms with Crippen molar-refractivity contribution in [1.82, 2.24) is 44.5 Å². The first-order valence-corrected chi connectivity index (χ1v) is 27.2. The van der Waals surface area contributed by atoms with Crippen molar-refractivity contribution < 1.29 is 52.4 Å². The minimum atomic E-state index is -0.723. The van der Waals surface area contributed by atoms with Crippen LogP contribution in [-0.2, 0) is 9.59 Å². The maximum Gasteiger partial charge on any atom is 0.298 e. The number of benzene rings is 3. The number of hydrogen-bond donors (Lipinski definition) is 7. The van der Waals surface area contributed by atoms with Crippen LogP contribution >= 0.6 is 0 Å². The Labute approximate surface area is 508 Å². The van der Waals surface area contributed by atoms with Crippen LogP contribution in [-0.4, -0.2) is 151 Å². The molecule has 88 heavy (non-hydrogen) atoms. The number of methoxy groups -OCH3 is 6. The molecule has 3 aromatic carbocycles. The number of primary amides is 3. The molecule has 3 atom stereocenters. The standard InChI is InChI=1S/2C22H23N5O4.C18H21N5O3/c2*1-4-5-19(28)26-9-8-15(13-26)27-21(23)20(22(24)29)18(25-27)7-6-14-10-16(30-2)12-17(11-14)31-3;1-25-13-7-11(8-14(9-13)26-2)3-4-15-16(18(20)24)17(19)23(22-15)12-5-6-21-10-12/h2*10-12,15H,8-9,13,23H2,1-3H3,(H2,24,29);7-9,12,21H,5-6,10,19H2,1-2H3,(H2,20,24)/t2*15-;12-/m000/s1. The number of carbonyl (C=O) groups excluding carboxylic acids is 5. The molecule has 5 amide bonds. The Kier molecular flexibility index (Phi) is 21.4. The van der Waals surface area contributed by atoms with Crippen LogP contribution in [0.5, 0.6) is 34.5 Å². The van der Waals surface area contributed by atoms with Crippen LogP contribution in [0.15, 0.2) is 54.6 Å². The molecule has 0 aliphatic carbocycles. The van der Waals surface area contributed by atoms with Crippen molar-refractivity contribution in [2.45, 2.75) is 51.2 Å². The summed E-state index contributed by atoms with van der Waals surface area (Å²) in [5, 5.41) is 16.5. The van der Waals surface area contributed by atoms with E-state index in [0.29, 0.717) is 90.2 Å². The van der Waals surface area contributed by atoms with Gasteiger partial charge < -0.3 is 77.9 Å². The molecular weight excluding hydrogens is 1130 g/mol. The summed E-state index contributed by atoms with van der Waals surface area (Å²) in [6, 6.07) is 15.3. The van der Waals surface area contributed by atoms with E-state index in [-0.39, 0.29) is 81.2 Å². The number of nitrogen functional groups attached to an aromatic ring is 3. The predicted octanol–water partition coefficient (Wildman–Crippen LogP) is 2.07. The van der Waals surface area contributed by atoms with Gasteiger partial charge in [0.25, 0.3) is 29.5 Å². The number of nitrogens with one attached hydrogen (secondary N) is 1. The average Bonchev–Trinajstić information content (AvgIpc) is 2.61. The largest absolute Gasteiger partial charge is 0.497 e. The van der Waals surface area contributed by atoms with Crippen LogP contribution in [0, 0.1) is 59.2 Å². The highest BCUT2D eigenvalue weighted by atomic mass is 16.5. The zero-order valence-electron chi connectivity index (χ0n) is 49.8. The van der Waals surface area contributed by atoms with Crippen molar-refractivity contribution in [2.75, 3.05) is 99.1 Å². The van der Waals surface area contributed by atoms with Crippen LogP contribution in [0.3, 0.4) is 0 Å². The smallest absolute Gasteiger partial charge is 0.298 e. The fraction of sp³-hybridized carbons (Fsp3) is 0.323. The molecule has 3 saturated heterocycles. The monoisotopic (exact) mass is 1200 g/mol. The first-order valence-electron chi connectivity index (χ1n) is 27.2. The summed E-state index contributed by atoms with van der Waals surface area (Å²) < 4.78 is 36.1. The van der Waals surface area contributed by atoms with E-state index in [1.807, 2.05) is 0 Å². The lowest BCUT2D eigenvalue weighted by Gasteiger charge is -2.14. The molecule has 6 aromatic rings. The van der Waals surface area contributed by atoms with Crippen LogP contribution in [0.25, 0.3) is 0 Å². The van der Waals surface area contributed by atoms with E-state index in [1.54, 1.807) is 126 Å². The van der Waals surface area contributed by atoms with Crippen molar-refractivity contribution in [3.05, 3.63) is 105 Å². The summed E-state index contributed by atoms with van der Waals surface area (Å²) in [6.45, 7) is 6.65. The van der Waals surface area contributed by atoms with Gasteiger partial charge in [0.05, 0.1) is 60.8 Å². The lowest BCUT2D eigenvalue weighted by molar-refractivity contribution is -0.125. The number of amides is 5. The second-order valence-corrected chi connectivity index (χ2v) is 19.6. The Morgan fingerprint density at radius 2 is 0.750 bits per heavy atom. The van der Waals surface area contributed by atoms with Gasteiger partial charge >= 0.3 is 0 Å². The van der Waals surface area contributed by atoms with E-state index in [1.165, 1.54) is 9.36 Å². The molecule has 3 aliphatic rings. The SMILES string of the molecule is CC#CC(=O)N1CC[C@H](n2nc(C#Cc3cc(OC)cc(OC)c3)c(C(N)=O)c2N)C1.CC#CC(=O)N1CC[C@H](n2nc(C#Cc3cc(OC)cc(OC)c3)c(C(N)=O)c2N)C1.COc1cc(C#Cc2nn([C@H]3CCNC3)c(N)c2C(N)=O)cc(OC)c1. The molecule has 3 aromatic heterocycles. The molecule has 3 aliphatic heterocycles. The lowest BCUT2D eigenvalue weighted by Crippen LogP contribution is -2.28. The summed E-state index contributed by atoms with van der Waals surface area (Å²) >= 11 is 0. The van der Waals surface area contributed by atoms with Gasteiger partial charge in [-0.3, -0.25) is 24.0 Å². The van der Waals surface area contributed by atoms with Crippen molar-refractivity contribution >= 4 is 47.0 Å². The third-order valence-corrected chi connectivity index (χ3v) is 14.0. The molecular formula is C62H67N15O11. The fourth-order valence-corrected chi connectivity index (χ4v) is 9.67. The quantitative estimate of drug-likeness (QED) is 0.0862. The molecule has 0 radical (unpaired) electrons. The van der Waals surface area contributed by atoms with Gasteiger partial charge in [0.2, 0.25) is 0 Å². The molecule has 0 spiro atoms. The topological polar surface area (TPSA) is 369 Å². The number of likely N-dealkylation sites (tertiary alicyclic amines) is 2. The van der Waals surface area contributed by atoms with E-state index in [0.717, 1.165) is 19.5 Å². The van der Waals surface area contributed by atoms with Crippen molar-refractivity contribution in [1.29, 1.82) is 0 Å². The first-order chi connectivity index (χ1) is 42.3. The maximum atomic E-state index is 12.0. The molecule has 0 unspecified atom stereocenters. The van der Waals surface area contributed by atoms with Gasteiger partial charge in [0.15, 0.2) is 17.1 Å². The highest BCUT2D eigenvalue weighted by Crippen LogP contribution is 2.31. The minimum Gasteiger partial charge on any atom is -0.497 e. The highest BCUT2D eigenvalue weighted by Gasteiger charge is 2.33. The van der Waals surface area contributed by atoms with Gasteiger partial charge in [-0.2, -0.15) is 15.3 Å². The van der Waals surface area contributed by atoms with Gasteiger partial charge in [-0.1, -0.05) is 29.6 Å². The summed E-state index contributed by atoms with van der Waals surface area (Å²) in [7, 11) is 9.30. The van der Waals surface area contributed by atoms with E-state index in [2.05, 4.69) is 79.8 Å². The summed E-state index contributed by atoms with van der Waals surface area (Å²) in [6.07, 6.45) is 2.13. The fourth-order valence-electron chi connectivity index (χ4n) is 9.67. The second-order valence-electron chi connectivity index (χ2n) is 19.6. The lowest BCUT2D eigenvalue weighted by atomic mass is 10.1. The van der Waals surface area contributed by atoms with Gasteiger partial charge in [-0.25, -0.2) is 14.0 Å². The molecule has 6 heterocycles. The highest BCUT2D eigenvalue weighted by molar-refractivity contribution is 6.01. The zero-order valence-corrected chi connectivity index (χ0v) is 49.8. The molecule has 26 nitrogen and oxygen atoms in total. The molecule has 0 saturated carbocycles. The number of ether oxygens (including phenoxy) is 6. The number of carbonyl (C=O) groups is 5. The van der Waals surface area contributed by atoms with Crippen molar-refractivity contribution in [3.63, 3.8) is 0 Å². The maximum absolute atomic E-state index is 12.0. The van der Waals surface area contributed by atoms with Crippen LogP contribution in [0.2, 0.25) is 0 Å². The van der Waals surface area contributed by atoms with E-state index < -0.39 is 17.7 Å². The Balaban J connectivity index is 0.000000189. The summed E-state index contributed by atoms with van der Waals surface area (Å²) in [5.41, 5.74) is 37.8. The van der Waals surface area contributed by atoms with Crippen LogP contribution < -0.4 is 68.1 Å². The Morgan fingerprint density at radius 1 is 0.455 bits per heavy atom. The summed E-state index contributed by atoms with van der Waals surface area (Å²) in [5.74, 6) is 29.2. The molecule has 9 rings (SSSR count). The predicted molar refractivity (Wildman–Crippen MR) is 326 cm³/mol. The molecule has 0 bridgehead atoms. The van der Waals surface area contributed by atoms with E-state index in [9.17, 15) is 24.0 Å². The van der Waals surface area contributed by atoms with Gasteiger partial charge in [-0.05, 0) is 106 Å². The van der Waals surface area contributed by atoms with Gasteiger partial charge in [0.1, 0.15) is 68.6 Å². The number of anilines is 3. The average molecular weight is 1200 g/mol. The first kappa shape index (κ1) is 64.2. The minimum absolute atomic E-state index is 0.0560. The Hall–Kier alpha value is -11.4. The Morgan fingerprint density at radius 3 is 1.00 bits per heavy atom. The van der Waals surface area contributed by atoms with Gasteiger partial charge in [0, 0.05) is 67.6 Å². The molecule has 13 N–H and O–H groups in total. The van der Waals surface area contributed by atoms with Crippen molar-refractivity contribution in [2.24, 2.45) is 17.2 Å². The number of nitrogens with zero attached hydrogens (tertiary/aromatic N) is 8. The van der Waals surface area contributed by atoms with E-state index in [4.69, 9.17) is 62.8 Å². The Bertz CT molecular complexity index is 3740. The number of aromatic nitrogens is 6. The van der Waals surface area contributed by atoms with Crippen LogP contribution in [0.1, 0.15) is 116 Å². The zero-order chi connectivity index (χ0) is 63.8. The summed E-state index contributed by atoms with van der Waals surface area (Å²) in [4.78, 5) is 63.2. The number of rotatable bonds is 12.